The Morgan fingerprint density at radius 3 is 2.54 bits per heavy atom. The van der Waals surface area contributed by atoms with Crippen LogP contribution in [0.4, 0.5) is 0 Å². The number of amidine groups is 1. The third-order valence-electron chi connectivity index (χ3n) is 6.95. The highest BCUT2D eigenvalue weighted by molar-refractivity contribution is 14.1. The van der Waals surface area contributed by atoms with E-state index in [1.807, 2.05) is 54.4 Å². The Kier molecular flexibility index (Phi) is 9.61. The normalized spacial score (nSPS) is 18.8. The first kappa shape index (κ1) is 28.6. The second-order valence-electron chi connectivity index (χ2n) is 9.82. The molecule has 1 amide bonds. The maximum Gasteiger partial charge on any atom is 0.272 e. The lowest BCUT2D eigenvalue weighted by Crippen LogP contribution is -2.58. The van der Waals surface area contributed by atoms with Gasteiger partial charge in [-0.2, -0.15) is 0 Å². The number of pyridine rings is 2. The number of carbonyl (C=O) groups excluding carboxylic acids is 1. The minimum Gasteiger partial charge on any atom is -0.351 e. The van der Waals surface area contributed by atoms with Crippen molar-refractivity contribution in [2.45, 2.75) is 37.2 Å². The van der Waals surface area contributed by atoms with Gasteiger partial charge in [0, 0.05) is 37.3 Å². The lowest BCUT2D eigenvalue weighted by molar-refractivity contribution is 0.0565. The molecule has 2 atom stereocenters. The molecule has 1 aliphatic heterocycles. The van der Waals surface area contributed by atoms with Gasteiger partial charge in [-0.25, -0.2) is 9.98 Å². The maximum absolute atomic E-state index is 13.5. The Bertz CT molecular complexity index is 1340. The number of aliphatic imine (C=N–C) groups is 1. The summed E-state index contributed by atoms with van der Waals surface area (Å²) in [5.41, 5.74) is 4.16. The summed E-state index contributed by atoms with van der Waals surface area (Å²) in [6.45, 7) is 7.84. The molecule has 3 aromatic rings. The lowest BCUT2D eigenvalue weighted by Gasteiger charge is -2.47. The van der Waals surface area contributed by atoms with Crippen molar-refractivity contribution in [2.75, 3.05) is 19.6 Å². The molecule has 0 saturated carbocycles. The van der Waals surface area contributed by atoms with Crippen LogP contribution < -0.4 is 0 Å². The van der Waals surface area contributed by atoms with Crippen molar-refractivity contribution in [2.24, 2.45) is 10.9 Å². The SMILES string of the molecule is CC=C(C(=N)/N=C\C(CC)Cc1ccccc1)N1CCN(C(=O)c2cccc(-c3ccncc3)n2)CC1(C)I. The Hall–Kier alpha value is -3.40. The van der Waals surface area contributed by atoms with Gasteiger partial charge in [0.2, 0.25) is 0 Å². The first-order valence-corrected chi connectivity index (χ1v) is 14.4. The molecule has 4 rings (SSSR count). The summed E-state index contributed by atoms with van der Waals surface area (Å²) in [6.07, 6.45) is 9.17. The number of alkyl halides is 1. The quantitative estimate of drug-likeness (QED) is 0.104. The Morgan fingerprint density at radius 2 is 1.87 bits per heavy atom. The van der Waals surface area contributed by atoms with Gasteiger partial charge in [-0.1, -0.05) is 72.0 Å². The summed E-state index contributed by atoms with van der Waals surface area (Å²) in [4.78, 5) is 30.8. The number of nitrogens with one attached hydrogen (secondary N) is 1. The number of rotatable bonds is 8. The third kappa shape index (κ3) is 7.17. The standard InChI is InChI=1S/C31H35IN6O/c1-4-23(20-24-10-7-6-8-11-24)21-35-29(33)28(5-2)38-19-18-37(22-31(38,3)32)30(39)27-13-9-12-26(36-27)25-14-16-34-17-15-25/h5-17,21,23,33H,4,18-20,22H2,1-3H3/b28-5?,33-29?,35-21-. The van der Waals surface area contributed by atoms with Crippen LogP contribution in [0.5, 0.6) is 0 Å². The fraction of sp³-hybridized carbons (Fsp3) is 0.323. The number of nitrogens with zero attached hydrogens (tertiary/aromatic N) is 5. The van der Waals surface area contributed by atoms with Crippen LogP contribution in [0.1, 0.15) is 43.2 Å². The second kappa shape index (κ2) is 13.1. The topological polar surface area (TPSA) is 85.5 Å². The van der Waals surface area contributed by atoms with Crippen molar-refractivity contribution < 1.29 is 4.79 Å². The van der Waals surface area contributed by atoms with Gasteiger partial charge in [0.05, 0.1) is 17.9 Å². The number of aromatic nitrogens is 2. The highest BCUT2D eigenvalue weighted by Crippen LogP contribution is 2.33. The number of piperazine rings is 1. The van der Waals surface area contributed by atoms with Gasteiger partial charge in [-0.15, -0.1) is 0 Å². The Morgan fingerprint density at radius 1 is 1.13 bits per heavy atom. The monoisotopic (exact) mass is 634 g/mol. The van der Waals surface area contributed by atoms with E-state index in [0.29, 0.717) is 25.3 Å². The van der Waals surface area contributed by atoms with Crippen LogP contribution in [-0.2, 0) is 6.42 Å². The summed E-state index contributed by atoms with van der Waals surface area (Å²) in [5.74, 6) is 0.426. The zero-order chi connectivity index (χ0) is 27.8. The molecule has 39 heavy (non-hydrogen) atoms. The van der Waals surface area contributed by atoms with E-state index in [2.05, 4.69) is 80.6 Å². The second-order valence-corrected chi connectivity index (χ2v) is 12.1. The van der Waals surface area contributed by atoms with Crippen LogP contribution in [0.15, 0.2) is 89.8 Å². The van der Waals surface area contributed by atoms with Crippen molar-refractivity contribution in [3.63, 3.8) is 0 Å². The van der Waals surface area contributed by atoms with E-state index >= 15 is 0 Å². The first-order chi connectivity index (χ1) is 18.8. The molecule has 3 heterocycles. The van der Waals surface area contributed by atoms with Crippen LogP contribution in [-0.4, -0.2) is 60.9 Å². The average molecular weight is 635 g/mol. The molecule has 0 aliphatic carbocycles. The van der Waals surface area contributed by atoms with Crippen LogP contribution in [0.2, 0.25) is 0 Å². The van der Waals surface area contributed by atoms with E-state index in [1.165, 1.54) is 5.56 Å². The van der Waals surface area contributed by atoms with Gasteiger partial charge in [-0.3, -0.25) is 15.2 Å². The van der Waals surface area contributed by atoms with Gasteiger partial charge in [0.15, 0.2) is 5.84 Å². The van der Waals surface area contributed by atoms with Gasteiger partial charge >= 0.3 is 0 Å². The third-order valence-corrected chi connectivity index (χ3v) is 7.88. The van der Waals surface area contributed by atoms with E-state index in [-0.39, 0.29) is 17.7 Å². The molecule has 7 nitrogen and oxygen atoms in total. The molecule has 0 spiro atoms. The minimum absolute atomic E-state index is 0.0877. The van der Waals surface area contributed by atoms with E-state index in [0.717, 1.165) is 29.8 Å². The molecule has 202 valence electrons. The van der Waals surface area contributed by atoms with Crippen molar-refractivity contribution >= 4 is 40.5 Å². The Labute approximate surface area is 244 Å². The zero-order valence-corrected chi connectivity index (χ0v) is 24.9. The van der Waals surface area contributed by atoms with Crippen molar-refractivity contribution in [1.82, 2.24) is 19.8 Å². The van der Waals surface area contributed by atoms with Crippen LogP contribution in [0.25, 0.3) is 11.3 Å². The molecular formula is C31H35IN6O. The van der Waals surface area contributed by atoms with Crippen LogP contribution in [0.3, 0.4) is 0 Å². The molecule has 8 heteroatoms. The fourth-order valence-electron chi connectivity index (χ4n) is 4.80. The van der Waals surface area contributed by atoms with Crippen molar-refractivity contribution in [3.8, 4) is 11.3 Å². The largest absolute Gasteiger partial charge is 0.351 e. The van der Waals surface area contributed by atoms with Gasteiger partial charge < -0.3 is 9.80 Å². The smallest absolute Gasteiger partial charge is 0.272 e. The molecule has 2 unspecified atom stereocenters. The summed E-state index contributed by atoms with van der Waals surface area (Å²) in [6, 6.07) is 19.7. The summed E-state index contributed by atoms with van der Waals surface area (Å²) in [5, 5.41) is 8.78. The molecule has 1 fully saturated rings. The fourth-order valence-corrected chi connectivity index (χ4v) is 5.71. The molecule has 1 aromatic carbocycles. The van der Waals surface area contributed by atoms with E-state index in [4.69, 9.17) is 5.41 Å². The molecule has 1 aliphatic rings. The summed E-state index contributed by atoms with van der Waals surface area (Å²) < 4.78 is -0.410. The van der Waals surface area contributed by atoms with Crippen LogP contribution >= 0.6 is 22.6 Å². The van der Waals surface area contributed by atoms with E-state index in [9.17, 15) is 4.79 Å². The van der Waals surface area contributed by atoms with E-state index in [1.54, 1.807) is 18.5 Å². The van der Waals surface area contributed by atoms with Crippen LogP contribution in [0, 0.1) is 11.3 Å². The molecule has 2 aromatic heterocycles. The minimum atomic E-state index is -0.410. The van der Waals surface area contributed by atoms with E-state index < -0.39 is 3.55 Å². The number of hydrogen-bond donors (Lipinski definition) is 1. The number of amides is 1. The predicted molar refractivity (Wildman–Crippen MR) is 166 cm³/mol. The van der Waals surface area contributed by atoms with Gasteiger partial charge in [0.1, 0.15) is 9.24 Å². The summed E-state index contributed by atoms with van der Waals surface area (Å²) >= 11 is 2.39. The van der Waals surface area contributed by atoms with Crippen molar-refractivity contribution in [1.29, 1.82) is 5.41 Å². The lowest BCUT2D eigenvalue weighted by atomic mass is 9.98. The number of hydrogen-bond acceptors (Lipinski definition) is 5. The number of carbonyl (C=O) groups is 1. The first-order valence-electron chi connectivity index (χ1n) is 13.3. The molecule has 0 radical (unpaired) electrons. The summed E-state index contributed by atoms with van der Waals surface area (Å²) in [7, 11) is 0. The predicted octanol–water partition coefficient (Wildman–Crippen LogP) is 6.27. The van der Waals surface area contributed by atoms with Gasteiger partial charge in [0.25, 0.3) is 5.91 Å². The Balaban J connectivity index is 1.43. The maximum atomic E-state index is 13.5. The molecular weight excluding hydrogens is 599 g/mol. The molecule has 1 saturated heterocycles. The number of benzene rings is 1. The number of halogens is 1. The zero-order valence-electron chi connectivity index (χ0n) is 22.7. The highest BCUT2D eigenvalue weighted by Gasteiger charge is 2.39. The highest BCUT2D eigenvalue weighted by atomic mass is 127. The van der Waals surface area contributed by atoms with Crippen molar-refractivity contribution in [3.05, 3.63) is 96.1 Å². The van der Waals surface area contributed by atoms with Gasteiger partial charge in [-0.05, 0) is 62.4 Å². The molecule has 0 bridgehead atoms. The average Bonchev–Trinajstić information content (AvgIpc) is 2.96. The number of allylic oxidation sites excluding steroid dienone is 1. The molecule has 1 N–H and O–H groups in total.